The van der Waals surface area contributed by atoms with Crippen LogP contribution in [0.15, 0.2) is 70.4 Å². The quantitative estimate of drug-likeness (QED) is 0.457. The van der Waals surface area contributed by atoms with Crippen molar-refractivity contribution in [2.24, 2.45) is 0 Å². The molecular formula is C22H16N4O4S. The van der Waals surface area contributed by atoms with E-state index in [2.05, 4.69) is 20.0 Å². The number of hydrogen-bond acceptors (Lipinski definition) is 5. The SMILES string of the molecule is Cc1cc(=O)[nH]c(-c2cccc(NS(=O)(=O)c3ccc4c5c(cccc35)C(=O)N4)c2)n1. The summed E-state index contributed by atoms with van der Waals surface area (Å²) in [5, 5.41) is 3.79. The summed E-state index contributed by atoms with van der Waals surface area (Å²) in [7, 11) is -3.96. The van der Waals surface area contributed by atoms with Gasteiger partial charge in [-0.05, 0) is 37.3 Å². The molecule has 8 nitrogen and oxygen atoms in total. The number of aromatic amines is 1. The summed E-state index contributed by atoms with van der Waals surface area (Å²) < 4.78 is 29.0. The third-order valence-corrected chi connectivity index (χ3v) is 6.48. The fourth-order valence-corrected chi connectivity index (χ4v) is 5.01. The normalized spacial score (nSPS) is 12.7. The second kappa shape index (κ2) is 6.78. The van der Waals surface area contributed by atoms with Crippen molar-refractivity contribution in [1.29, 1.82) is 0 Å². The summed E-state index contributed by atoms with van der Waals surface area (Å²) in [5.74, 6) is 0.0939. The molecular weight excluding hydrogens is 416 g/mol. The summed E-state index contributed by atoms with van der Waals surface area (Å²) in [6.45, 7) is 1.71. The third kappa shape index (κ3) is 3.24. The van der Waals surface area contributed by atoms with Crippen LogP contribution in [0.25, 0.3) is 22.2 Å². The zero-order chi connectivity index (χ0) is 21.8. The number of hydrogen-bond donors (Lipinski definition) is 3. The Kier molecular flexibility index (Phi) is 4.16. The lowest BCUT2D eigenvalue weighted by molar-refractivity contribution is 0.103. The molecule has 31 heavy (non-hydrogen) atoms. The van der Waals surface area contributed by atoms with Crippen molar-refractivity contribution in [2.75, 3.05) is 10.0 Å². The number of rotatable bonds is 4. The highest BCUT2D eigenvalue weighted by Crippen LogP contribution is 2.37. The largest absolute Gasteiger partial charge is 0.321 e. The molecule has 0 atom stereocenters. The second-order valence-corrected chi connectivity index (χ2v) is 8.87. The van der Waals surface area contributed by atoms with E-state index in [9.17, 15) is 18.0 Å². The Labute approximate surface area is 177 Å². The van der Waals surface area contributed by atoms with Crippen LogP contribution in [-0.2, 0) is 10.0 Å². The van der Waals surface area contributed by atoms with E-state index in [-0.39, 0.29) is 16.4 Å². The third-order valence-electron chi connectivity index (χ3n) is 5.04. The molecule has 3 aromatic carbocycles. The minimum atomic E-state index is -3.96. The van der Waals surface area contributed by atoms with Crippen LogP contribution in [0.5, 0.6) is 0 Å². The Balaban J connectivity index is 1.57. The number of nitrogens with zero attached hydrogens (tertiary/aromatic N) is 1. The van der Waals surface area contributed by atoms with Crippen LogP contribution >= 0.6 is 0 Å². The predicted molar refractivity (Wildman–Crippen MR) is 118 cm³/mol. The fraction of sp³-hybridized carbons (Fsp3) is 0.0455. The Morgan fingerprint density at radius 1 is 0.968 bits per heavy atom. The average Bonchev–Trinajstić information content (AvgIpc) is 3.04. The van der Waals surface area contributed by atoms with Crippen LogP contribution in [-0.4, -0.2) is 24.3 Å². The van der Waals surface area contributed by atoms with Crippen molar-refractivity contribution in [2.45, 2.75) is 11.8 Å². The molecule has 154 valence electrons. The summed E-state index contributed by atoms with van der Waals surface area (Å²) in [5.41, 5.74) is 2.19. The summed E-state index contributed by atoms with van der Waals surface area (Å²) in [6, 6.07) is 16.0. The number of aryl methyl sites for hydroxylation is 1. The maximum atomic E-state index is 13.2. The summed E-state index contributed by atoms with van der Waals surface area (Å²) in [6.07, 6.45) is 0. The van der Waals surface area contributed by atoms with Crippen LogP contribution in [0.1, 0.15) is 16.1 Å². The Bertz CT molecular complexity index is 1560. The van der Waals surface area contributed by atoms with Crippen LogP contribution in [0, 0.1) is 6.92 Å². The predicted octanol–water partition coefficient (Wildman–Crippen LogP) is 3.27. The highest BCUT2D eigenvalue weighted by Gasteiger charge is 2.26. The molecule has 0 fully saturated rings. The van der Waals surface area contributed by atoms with E-state index in [1.54, 1.807) is 55.5 Å². The number of anilines is 2. The molecule has 1 aliphatic heterocycles. The van der Waals surface area contributed by atoms with Gasteiger partial charge >= 0.3 is 0 Å². The average molecular weight is 432 g/mol. The van der Waals surface area contributed by atoms with Gasteiger partial charge in [-0.1, -0.05) is 24.3 Å². The van der Waals surface area contributed by atoms with Gasteiger partial charge in [-0.15, -0.1) is 0 Å². The van der Waals surface area contributed by atoms with Gasteiger partial charge in [-0.3, -0.25) is 14.3 Å². The number of carbonyl (C=O) groups excluding carboxylic acids is 1. The first-order chi connectivity index (χ1) is 14.8. The van der Waals surface area contributed by atoms with E-state index in [0.29, 0.717) is 44.8 Å². The first-order valence-corrected chi connectivity index (χ1v) is 10.9. The molecule has 0 unspecified atom stereocenters. The maximum absolute atomic E-state index is 13.2. The van der Waals surface area contributed by atoms with Crippen molar-refractivity contribution in [3.63, 3.8) is 0 Å². The lowest BCUT2D eigenvalue weighted by Gasteiger charge is -2.12. The Morgan fingerprint density at radius 2 is 1.77 bits per heavy atom. The molecule has 3 N–H and O–H groups in total. The molecule has 1 aromatic heterocycles. The molecule has 0 saturated carbocycles. The highest BCUT2D eigenvalue weighted by atomic mass is 32.2. The Morgan fingerprint density at radius 3 is 2.58 bits per heavy atom. The van der Waals surface area contributed by atoms with Gasteiger partial charge < -0.3 is 10.3 Å². The zero-order valence-corrected chi connectivity index (χ0v) is 17.1. The topological polar surface area (TPSA) is 121 Å². The van der Waals surface area contributed by atoms with Crippen LogP contribution in [0.4, 0.5) is 11.4 Å². The summed E-state index contributed by atoms with van der Waals surface area (Å²) >= 11 is 0. The van der Waals surface area contributed by atoms with Crippen LogP contribution in [0.3, 0.4) is 0 Å². The number of benzene rings is 3. The second-order valence-electron chi connectivity index (χ2n) is 7.22. The van der Waals surface area contributed by atoms with Crippen molar-refractivity contribution >= 4 is 38.1 Å². The van der Waals surface area contributed by atoms with Gasteiger partial charge in [0.05, 0.1) is 4.90 Å². The first-order valence-electron chi connectivity index (χ1n) is 9.40. The van der Waals surface area contributed by atoms with Crippen LogP contribution < -0.4 is 15.6 Å². The number of H-pyrrole nitrogens is 1. The van der Waals surface area contributed by atoms with Gasteiger partial charge in [0.1, 0.15) is 5.82 Å². The number of carbonyl (C=O) groups is 1. The Hall–Kier alpha value is -3.98. The van der Waals surface area contributed by atoms with E-state index in [0.717, 1.165) is 0 Å². The zero-order valence-electron chi connectivity index (χ0n) is 16.3. The number of amides is 1. The molecule has 0 aliphatic carbocycles. The number of sulfonamides is 1. The lowest BCUT2D eigenvalue weighted by atomic mass is 10.1. The van der Waals surface area contributed by atoms with Gasteiger partial charge in [0.2, 0.25) is 0 Å². The van der Waals surface area contributed by atoms with E-state index in [1.165, 1.54) is 12.1 Å². The van der Waals surface area contributed by atoms with E-state index >= 15 is 0 Å². The fourth-order valence-electron chi connectivity index (χ4n) is 3.75. The highest BCUT2D eigenvalue weighted by molar-refractivity contribution is 7.93. The monoisotopic (exact) mass is 432 g/mol. The van der Waals surface area contributed by atoms with Gasteiger partial charge in [0.15, 0.2) is 0 Å². The van der Waals surface area contributed by atoms with E-state index < -0.39 is 10.0 Å². The van der Waals surface area contributed by atoms with E-state index in [1.807, 2.05) is 0 Å². The molecule has 0 saturated heterocycles. The van der Waals surface area contributed by atoms with Crippen molar-refractivity contribution in [3.8, 4) is 11.4 Å². The number of aromatic nitrogens is 2. The van der Waals surface area contributed by atoms with Crippen molar-refractivity contribution < 1.29 is 13.2 Å². The molecule has 0 spiro atoms. The standard InChI is InChI=1S/C22H16N4O4S/c1-12-10-19(27)25-21(23-12)13-4-2-5-14(11-13)26-31(29,30)18-9-8-17-20-15(18)6-3-7-16(20)22(28)24-17/h2-11,26H,1H3,(H,24,28)(H,23,25,27). The van der Waals surface area contributed by atoms with Gasteiger partial charge in [-0.2, -0.15) is 0 Å². The van der Waals surface area contributed by atoms with Crippen LogP contribution in [0.2, 0.25) is 0 Å². The molecule has 2 heterocycles. The maximum Gasteiger partial charge on any atom is 0.262 e. The van der Waals surface area contributed by atoms with Gasteiger partial charge in [0.25, 0.3) is 21.5 Å². The van der Waals surface area contributed by atoms with Gasteiger partial charge in [0, 0.05) is 45.0 Å². The van der Waals surface area contributed by atoms with E-state index in [4.69, 9.17) is 0 Å². The molecule has 0 radical (unpaired) electrons. The number of nitrogens with one attached hydrogen (secondary N) is 3. The van der Waals surface area contributed by atoms with Crippen molar-refractivity contribution in [3.05, 3.63) is 82.3 Å². The minimum absolute atomic E-state index is 0.0668. The van der Waals surface area contributed by atoms with Crippen molar-refractivity contribution in [1.82, 2.24) is 9.97 Å². The lowest BCUT2D eigenvalue weighted by Crippen LogP contribution is -2.14. The molecule has 5 rings (SSSR count). The smallest absolute Gasteiger partial charge is 0.262 e. The molecule has 1 amide bonds. The first kappa shape index (κ1) is 19.0. The molecule has 0 bridgehead atoms. The van der Waals surface area contributed by atoms with Gasteiger partial charge in [-0.25, -0.2) is 13.4 Å². The summed E-state index contributed by atoms with van der Waals surface area (Å²) in [4.78, 5) is 30.9. The minimum Gasteiger partial charge on any atom is -0.321 e. The molecule has 1 aliphatic rings. The molecule has 4 aromatic rings. The molecule has 9 heteroatoms.